The summed E-state index contributed by atoms with van der Waals surface area (Å²) in [7, 11) is 0. The zero-order chi connectivity index (χ0) is 18.2. The molecule has 1 amide bonds. The molecule has 0 aliphatic carbocycles. The predicted octanol–water partition coefficient (Wildman–Crippen LogP) is 3.50. The number of ether oxygens (including phenoxy) is 1. The largest absolute Gasteiger partial charge is 0.494 e. The Morgan fingerprint density at radius 1 is 1.04 bits per heavy atom. The minimum Gasteiger partial charge on any atom is -0.494 e. The highest BCUT2D eigenvalue weighted by Crippen LogP contribution is 2.20. The zero-order valence-corrected chi connectivity index (χ0v) is 16.1. The zero-order valence-electron chi connectivity index (χ0n) is 15.2. The van der Waals surface area contributed by atoms with Crippen molar-refractivity contribution in [3.63, 3.8) is 0 Å². The van der Waals surface area contributed by atoms with Gasteiger partial charge in [0.05, 0.1) is 13.0 Å². The number of anilines is 1. The number of amides is 1. The van der Waals surface area contributed by atoms with Gasteiger partial charge in [0.25, 0.3) is 0 Å². The van der Waals surface area contributed by atoms with Gasteiger partial charge in [0, 0.05) is 36.8 Å². The van der Waals surface area contributed by atoms with E-state index in [0.29, 0.717) is 19.6 Å². The van der Waals surface area contributed by atoms with Gasteiger partial charge in [-0.1, -0.05) is 24.3 Å². The third-order valence-electron chi connectivity index (χ3n) is 4.40. The predicted molar refractivity (Wildman–Crippen MR) is 109 cm³/mol. The molecule has 0 atom stereocenters. The van der Waals surface area contributed by atoms with Crippen LogP contribution in [0.3, 0.4) is 0 Å². The first-order valence-corrected chi connectivity index (χ1v) is 10.3. The summed E-state index contributed by atoms with van der Waals surface area (Å²) in [6.45, 7) is 5.40. The lowest BCUT2D eigenvalue weighted by molar-refractivity contribution is -0.120. The van der Waals surface area contributed by atoms with Crippen molar-refractivity contribution in [3.8, 4) is 5.75 Å². The van der Waals surface area contributed by atoms with Crippen LogP contribution in [-0.4, -0.2) is 37.1 Å². The summed E-state index contributed by atoms with van der Waals surface area (Å²) in [5.41, 5.74) is 3.39. The van der Waals surface area contributed by atoms with Crippen molar-refractivity contribution in [3.05, 3.63) is 59.7 Å². The van der Waals surface area contributed by atoms with Crippen LogP contribution in [0.15, 0.2) is 48.5 Å². The molecule has 1 N–H and O–H groups in total. The number of rotatable bonds is 7. The van der Waals surface area contributed by atoms with Gasteiger partial charge in [-0.25, -0.2) is 0 Å². The second-order valence-corrected chi connectivity index (χ2v) is 7.52. The van der Waals surface area contributed by atoms with Crippen molar-refractivity contribution in [1.82, 2.24) is 5.32 Å². The van der Waals surface area contributed by atoms with Crippen molar-refractivity contribution in [2.24, 2.45) is 0 Å². The summed E-state index contributed by atoms with van der Waals surface area (Å²) in [5, 5.41) is 3.00. The second-order valence-electron chi connectivity index (χ2n) is 6.30. The standard InChI is InChI=1S/C21H26N2O2S/c1-2-25-20-9-5-17(6-10-20)15-21(24)22-16-18-3-7-19(8-4-18)23-11-13-26-14-12-23/h3-10H,2,11-16H2,1H3,(H,22,24). The van der Waals surface area contributed by atoms with Gasteiger partial charge >= 0.3 is 0 Å². The molecule has 1 aliphatic rings. The molecule has 2 aromatic carbocycles. The van der Waals surface area contributed by atoms with Gasteiger partial charge < -0.3 is 15.0 Å². The highest BCUT2D eigenvalue weighted by molar-refractivity contribution is 7.99. The third-order valence-corrected chi connectivity index (χ3v) is 5.34. The Labute approximate surface area is 159 Å². The molecular weight excluding hydrogens is 344 g/mol. The fourth-order valence-electron chi connectivity index (χ4n) is 2.96. The Kier molecular flexibility index (Phi) is 6.83. The number of nitrogens with one attached hydrogen (secondary N) is 1. The molecule has 0 radical (unpaired) electrons. The summed E-state index contributed by atoms with van der Waals surface area (Å²) in [6.07, 6.45) is 0.385. The van der Waals surface area contributed by atoms with Gasteiger partial charge in [-0.2, -0.15) is 11.8 Å². The van der Waals surface area contributed by atoms with E-state index < -0.39 is 0 Å². The Bertz CT molecular complexity index is 695. The van der Waals surface area contributed by atoms with Crippen molar-refractivity contribution in [2.45, 2.75) is 19.9 Å². The maximum Gasteiger partial charge on any atom is 0.224 e. The van der Waals surface area contributed by atoms with E-state index in [1.165, 1.54) is 17.2 Å². The Balaban J connectivity index is 1.46. The molecule has 5 heteroatoms. The van der Waals surface area contributed by atoms with Crippen LogP contribution < -0.4 is 15.0 Å². The van der Waals surface area contributed by atoms with E-state index in [9.17, 15) is 4.79 Å². The SMILES string of the molecule is CCOc1ccc(CC(=O)NCc2ccc(N3CCSCC3)cc2)cc1. The van der Waals surface area contributed by atoms with Gasteiger partial charge in [0.2, 0.25) is 5.91 Å². The number of hydrogen-bond donors (Lipinski definition) is 1. The van der Waals surface area contributed by atoms with Crippen LogP contribution >= 0.6 is 11.8 Å². The topological polar surface area (TPSA) is 41.6 Å². The highest BCUT2D eigenvalue weighted by Gasteiger charge is 2.11. The molecule has 0 unspecified atom stereocenters. The third kappa shape index (κ3) is 5.43. The summed E-state index contributed by atoms with van der Waals surface area (Å²) in [4.78, 5) is 14.6. The molecule has 0 bridgehead atoms. The number of carbonyl (C=O) groups is 1. The quantitative estimate of drug-likeness (QED) is 0.810. The van der Waals surface area contributed by atoms with E-state index >= 15 is 0 Å². The minimum atomic E-state index is 0.0336. The molecule has 0 aromatic heterocycles. The van der Waals surface area contributed by atoms with E-state index in [4.69, 9.17) is 4.74 Å². The van der Waals surface area contributed by atoms with Crippen molar-refractivity contribution in [1.29, 1.82) is 0 Å². The average molecular weight is 371 g/mol. The molecule has 4 nitrogen and oxygen atoms in total. The smallest absolute Gasteiger partial charge is 0.224 e. The number of carbonyl (C=O) groups excluding carboxylic acids is 1. The summed E-state index contributed by atoms with van der Waals surface area (Å²) >= 11 is 2.02. The molecule has 0 spiro atoms. The first-order chi connectivity index (χ1) is 12.7. The lowest BCUT2D eigenvalue weighted by atomic mass is 10.1. The van der Waals surface area contributed by atoms with Gasteiger partial charge in [-0.05, 0) is 42.3 Å². The molecule has 0 saturated carbocycles. The molecular formula is C21H26N2O2S. The van der Waals surface area contributed by atoms with E-state index in [1.807, 2.05) is 43.0 Å². The highest BCUT2D eigenvalue weighted by atomic mass is 32.2. The number of benzene rings is 2. The normalized spacial score (nSPS) is 14.1. The summed E-state index contributed by atoms with van der Waals surface area (Å²) < 4.78 is 5.42. The summed E-state index contributed by atoms with van der Waals surface area (Å²) in [5.74, 6) is 3.27. The fourth-order valence-corrected chi connectivity index (χ4v) is 3.87. The van der Waals surface area contributed by atoms with Gasteiger partial charge in [-0.3, -0.25) is 4.79 Å². The number of hydrogen-bond acceptors (Lipinski definition) is 4. The first-order valence-electron chi connectivity index (χ1n) is 9.14. The Morgan fingerprint density at radius 2 is 1.69 bits per heavy atom. The van der Waals surface area contributed by atoms with Crippen LogP contribution in [0.5, 0.6) is 5.75 Å². The molecule has 1 saturated heterocycles. The lowest BCUT2D eigenvalue weighted by Crippen LogP contribution is -2.32. The Hall–Kier alpha value is -2.14. The van der Waals surface area contributed by atoms with Crippen LogP contribution in [0.2, 0.25) is 0 Å². The van der Waals surface area contributed by atoms with E-state index in [1.54, 1.807) is 0 Å². The molecule has 26 heavy (non-hydrogen) atoms. The van der Waals surface area contributed by atoms with Crippen LogP contribution in [0, 0.1) is 0 Å². The van der Waals surface area contributed by atoms with Gasteiger partial charge in [0.15, 0.2) is 0 Å². The monoisotopic (exact) mass is 370 g/mol. The number of thioether (sulfide) groups is 1. The minimum absolute atomic E-state index is 0.0336. The molecule has 1 aliphatic heterocycles. The average Bonchev–Trinajstić information content (AvgIpc) is 2.69. The van der Waals surface area contributed by atoms with Crippen molar-refractivity contribution < 1.29 is 9.53 Å². The van der Waals surface area contributed by atoms with Crippen LogP contribution in [0.25, 0.3) is 0 Å². The fraction of sp³-hybridized carbons (Fsp3) is 0.381. The van der Waals surface area contributed by atoms with Crippen LogP contribution in [0.1, 0.15) is 18.1 Å². The maximum absolute atomic E-state index is 12.2. The first kappa shape index (κ1) is 18.6. The molecule has 1 heterocycles. The van der Waals surface area contributed by atoms with Gasteiger partial charge in [0.1, 0.15) is 5.75 Å². The van der Waals surface area contributed by atoms with Gasteiger partial charge in [-0.15, -0.1) is 0 Å². The van der Waals surface area contributed by atoms with E-state index in [2.05, 4.69) is 34.5 Å². The van der Waals surface area contributed by atoms with E-state index in [-0.39, 0.29) is 5.91 Å². The maximum atomic E-state index is 12.2. The second kappa shape index (κ2) is 9.53. The molecule has 2 aromatic rings. The number of nitrogens with zero attached hydrogens (tertiary/aromatic N) is 1. The molecule has 138 valence electrons. The van der Waals surface area contributed by atoms with E-state index in [0.717, 1.165) is 30.0 Å². The summed E-state index contributed by atoms with van der Waals surface area (Å²) in [6, 6.07) is 16.2. The Morgan fingerprint density at radius 3 is 2.35 bits per heavy atom. The molecule has 1 fully saturated rings. The van der Waals surface area contributed by atoms with Crippen molar-refractivity contribution in [2.75, 3.05) is 36.1 Å². The lowest BCUT2D eigenvalue weighted by Gasteiger charge is -2.28. The van der Waals surface area contributed by atoms with Crippen molar-refractivity contribution >= 4 is 23.4 Å². The van der Waals surface area contributed by atoms with Crippen LogP contribution in [0.4, 0.5) is 5.69 Å². The van der Waals surface area contributed by atoms with Crippen LogP contribution in [-0.2, 0) is 17.8 Å². The molecule has 3 rings (SSSR count).